The van der Waals surface area contributed by atoms with Crippen molar-refractivity contribution >= 4 is 35.6 Å². The first-order chi connectivity index (χ1) is 24.1. The van der Waals surface area contributed by atoms with Gasteiger partial charge >= 0.3 is 12.1 Å². The molecule has 2 aromatic carbocycles. The molecule has 2 aromatic rings. The van der Waals surface area contributed by atoms with Gasteiger partial charge in [-0.2, -0.15) is 11.8 Å². The van der Waals surface area contributed by atoms with Gasteiger partial charge in [0.2, 0.25) is 11.8 Å². The molecular weight excluding hydrogens is 663 g/mol. The number of nitrogens with zero attached hydrogens (tertiary/aromatic N) is 1. The van der Waals surface area contributed by atoms with Crippen molar-refractivity contribution in [2.75, 3.05) is 18.6 Å². The molecule has 2 rings (SSSR count). The third-order valence-electron chi connectivity index (χ3n) is 7.88. The molecule has 0 saturated heterocycles. The van der Waals surface area contributed by atoms with Gasteiger partial charge < -0.3 is 25.0 Å². The summed E-state index contributed by atoms with van der Waals surface area (Å²) in [6, 6.07) is 13.2. The summed E-state index contributed by atoms with van der Waals surface area (Å²) in [5.74, 6) is 1.65. The third-order valence-corrected chi connectivity index (χ3v) is 8.52. The Bertz CT molecular complexity index is 1430. The van der Waals surface area contributed by atoms with E-state index in [0.717, 1.165) is 37.7 Å². The lowest BCUT2D eigenvalue weighted by Gasteiger charge is -2.35. The summed E-state index contributed by atoms with van der Waals surface area (Å²) in [5, 5.41) is 5.75. The number of esters is 1. The van der Waals surface area contributed by atoms with Crippen LogP contribution in [0.15, 0.2) is 54.6 Å². The zero-order valence-electron chi connectivity index (χ0n) is 31.9. The Labute approximate surface area is 310 Å². The molecule has 3 amide bonds. The van der Waals surface area contributed by atoms with Gasteiger partial charge in [-0.15, -0.1) is 6.42 Å². The highest BCUT2D eigenvalue weighted by atomic mass is 32.2. The molecule has 0 aromatic heterocycles. The van der Waals surface area contributed by atoms with E-state index in [0.29, 0.717) is 29.7 Å². The van der Waals surface area contributed by atoms with Crippen LogP contribution in [0.3, 0.4) is 0 Å². The molecule has 0 spiro atoms. The highest BCUT2D eigenvalue weighted by Gasteiger charge is 2.38. The van der Waals surface area contributed by atoms with E-state index in [1.165, 1.54) is 4.90 Å². The molecule has 0 aliphatic rings. The highest BCUT2D eigenvalue weighted by molar-refractivity contribution is 7.98. The predicted molar refractivity (Wildman–Crippen MR) is 206 cm³/mol. The number of hydrogen-bond donors (Lipinski definition) is 2. The minimum absolute atomic E-state index is 0.187. The number of ether oxygens (including phenoxy) is 2. The Balaban J connectivity index is 2.64. The van der Waals surface area contributed by atoms with Crippen LogP contribution in [0.25, 0.3) is 0 Å². The average Bonchev–Trinajstić information content (AvgIpc) is 3.06. The van der Waals surface area contributed by atoms with Crippen molar-refractivity contribution in [3.63, 3.8) is 0 Å². The van der Waals surface area contributed by atoms with E-state index in [4.69, 9.17) is 15.9 Å². The third kappa shape index (κ3) is 16.3. The summed E-state index contributed by atoms with van der Waals surface area (Å²) < 4.78 is 11.3. The van der Waals surface area contributed by atoms with Gasteiger partial charge in [-0.05, 0) is 89.7 Å². The lowest BCUT2D eigenvalue weighted by atomic mass is 9.99. The summed E-state index contributed by atoms with van der Waals surface area (Å²) in [6.45, 7) is 13.0. The number of rotatable bonds is 19. The highest BCUT2D eigenvalue weighted by Crippen LogP contribution is 2.26. The van der Waals surface area contributed by atoms with Crippen LogP contribution in [-0.2, 0) is 30.3 Å². The lowest BCUT2D eigenvalue weighted by molar-refractivity contribution is -0.159. The van der Waals surface area contributed by atoms with Crippen molar-refractivity contribution in [3.05, 3.63) is 71.3 Å². The molecule has 0 aliphatic carbocycles. The van der Waals surface area contributed by atoms with Crippen molar-refractivity contribution in [2.45, 2.75) is 129 Å². The lowest BCUT2D eigenvalue weighted by Crippen LogP contribution is -2.55. The van der Waals surface area contributed by atoms with Crippen LogP contribution in [0.2, 0.25) is 0 Å². The number of thioether (sulfide) groups is 1. The van der Waals surface area contributed by atoms with Gasteiger partial charge in [0, 0.05) is 18.5 Å². The van der Waals surface area contributed by atoms with Crippen molar-refractivity contribution in [1.29, 1.82) is 0 Å². The maximum Gasteiger partial charge on any atom is 0.408 e. The van der Waals surface area contributed by atoms with Crippen LogP contribution in [0.1, 0.15) is 116 Å². The molecule has 0 bridgehead atoms. The molecule has 280 valence electrons. The van der Waals surface area contributed by atoms with Gasteiger partial charge in [-0.3, -0.25) is 9.59 Å². The first-order valence-electron chi connectivity index (χ1n) is 18.0. The fourth-order valence-corrected chi connectivity index (χ4v) is 5.94. The van der Waals surface area contributed by atoms with Gasteiger partial charge in [0.15, 0.2) is 0 Å². The van der Waals surface area contributed by atoms with E-state index in [2.05, 4.69) is 23.5 Å². The average molecular weight is 722 g/mol. The van der Waals surface area contributed by atoms with Gasteiger partial charge in [-0.25, -0.2) is 9.59 Å². The van der Waals surface area contributed by atoms with Crippen LogP contribution in [0.5, 0.6) is 0 Å². The Morgan fingerprint density at radius 1 is 0.824 bits per heavy atom. The molecule has 9 nitrogen and oxygen atoms in total. The van der Waals surface area contributed by atoms with E-state index < -0.39 is 53.2 Å². The molecule has 0 saturated carbocycles. The number of nitrogens with one attached hydrogen (secondary N) is 2. The molecule has 0 radical (unpaired) electrons. The van der Waals surface area contributed by atoms with Crippen LogP contribution < -0.4 is 10.6 Å². The van der Waals surface area contributed by atoms with Crippen molar-refractivity contribution < 1.29 is 28.7 Å². The molecule has 3 atom stereocenters. The summed E-state index contributed by atoms with van der Waals surface area (Å²) in [6.07, 6.45) is 13.2. The molecule has 3 unspecified atom stereocenters. The maximum absolute atomic E-state index is 14.7. The zero-order valence-corrected chi connectivity index (χ0v) is 32.7. The molecule has 10 heteroatoms. The van der Waals surface area contributed by atoms with Crippen LogP contribution in [-0.4, -0.2) is 70.6 Å². The van der Waals surface area contributed by atoms with Crippen molar-refractivity contribution in [3.8, 4) is 12.3 Å². The van der Waals surface area contributed by atoms with Crippen LogP contribution in [0.4, 0.5) is 4.79 Å². The van der Waals surface area contributed by atoms with E-state index in [-0.39, 0.29) is 13.0 Å². The fourth-order valence-electron chi connectivity index (χ4n) is 5.47. The number of alkyl carbamates (subject to hydrolysis) is 1. The maximum atomic E-state index is 14.7. The second-order valence-electron chi connectivity index (χ2n) is 14.7. The zero-order chi connectivity index (χ0) is 38.0. The summed E-state index contributed by atoms with van der Waals surface area (Å²) >= 11 is 1.55. The normalized spacial score (nSPS) is 13.2. The largest absolute Gasteiger partial charge is 0.458 e. The number of unbranched alkanes of at least 4 members (excludes halogenated alkanes) is 5. The van der Waals surface area contributed by atoms with Crippen molar-refractivity contribution in [1.82, 2.24) is 15.5 Å². The van der Waals surface area contributed by atoms with Crippen LogP contribution >= 0.6 is 11.8 Å². The predicted octanol–water partition coefficient (Wildman–Crippen LogP) is 7.61. The molecule has 0 heterocycles. The first-order valence-corrected chi connectivity index (χ1v) is 19.4. The molecular formula is C41H59N3O6S. The fraction of sp³-hybridized carbons (Fsp3) is 0.561. The second kappa shape index (κ2) is 21.4. The number of amides is 3. The quantitative estimate of drug-likeness (QED) is 0.0872. The molecule has 0 aliphatic heterocycles. The number of terminal acetylenes is 1. The minimum Gasteiger partial charge on any atom is -0.458 e. The standard InChI is InChI=1S/C41H59N3O6S/c1-10-12-13-14-15-19-27-44(37(46)33(26-28-51-9)43-39(48)50-41(6,7)8)35(32-24-22-30(11-2)23-25-32)36(45)42-34(38(47)49-40(3,4)5)29-31-20-17-16-18-21-31/h2,16-18,20-25,33-35H,10,12-15,19,26-29H2,1,3-9H3,(H,42,45)(H,43,48). The van der Waals surface area contributed by atoms with Gasteiger partial charge in [-0.1, -0.05) is 87.4 Å². The summed E-state index contributed by atoms with van der Waals surface area (Å²) in [7, 11) is 0. The number of benzene rings is 2. The number of hydrogen-bond acceptors (Lipinski definition) is 7. The summed E-state index contributed by atoms with van der Waals surface area (Å²) in [5.41, 5.74) is 0.411. The Morgan fingerprint density at radius 2 is 1.43 bits per heavy atom. The molecule has 2 N–H and O–H groups in total. The van der Waals surface area contributed by atoms with Gasteiger partial charge in [0.25, 0.3) is 0 Å². The molecule has 51 heavy (non-hydrogen) atoms. The topological polar surface area (TPSA) is 114 Å². The smallest absolute Gasteiger partial charge is 0.408 e. The van der Waals surface area contributed by atoms with Crippen LogP contribution in [0, 0.1) is 12.3 Å². The van der Waals surface area contributed by atoms with E-state index in [1.54, 1.807) is 77.6 Å². The van der Waals surface area contributed by atoms with E-state index in [9.17, 15) is 19.2 Å². The second-order valence-corrected chi connectivity index (χ2v) is 15.7. The molecule has 0 fully saturated rings. The number of carbonyl (C=O) groups excluding carboxylic acids is 4. The van der Waals surface area contributed by atoms with Gasteiger partial charge in [0.1, 0.15) is 29.3 Å². The van der Waals surface area contributed by atoms with E-state index in [1.807, 2.05) is 36.6 Å². The van der Waals surface area contributed by atoms with Gasteiger partial charge in [0.05, 0.1) is 0 Å². The number of carbonyl (C=O) groups is 4. The van der Waals surface area contributed by atoms with E-state index >= 15 is 0 Å². The summed E-state index contributed by atoms with van der Waals surface area (Å²) in [4.78, 5) is 57.5. The van der Waals surface area contributed by atoms with Crippen molar-refractivity contribution in [2.24, 2.45) is 0 Å². The minimum atomic E-state index is -1.14. The Kier molecular flexibility index (Phi) is 18.1. The SMILES string of the molecule is C#Cc1ccc(C(C(=O)NC(Cc2ccccc2)C(=O)OC(C)(C)C)N(CCCCCCCC)C(=O)C(CCSC)NC(=O)OC(C)(C)C)cc1. The monoisotopic (exact) mass is 721 g/mol. The Hall–Kier alpha value is -3.97. The Morgan fingerprint density at radius 3 is 2.00 bits per heavy atom. The first kappa shape index (κ1) is 43.2.